The number of terminal acetylenes is 1. The number of hydrogen-bond donors (Lipinski definition) is 0. The van der Waals surface area contributed by atoms with Crippen LogP contribution in [0.15, 0.2) is 0 Å². The Morgan fingerprint density at radius 1 is 1.50 bits per heavy atom. The fourth-order valence-electron chi connectivity index (χ4n) is 2.64. The lowest BCUT2D eigenvalue weighted by Crippen LogP contribution is -2.49. The summed E-state index contributed by atoms with van der Waals surface area (Å²) >= 11 is 6.38. The molecule has 6 nitrogen and oxygen atoms in total. The van der Waals surface area contributed by atoms with E-state index in [-0.39, 0.29) is 17.4 Å². The van der Waals surface area contributed by atoms with Crippen molar-refractivity contribution in [3.8, 4) is 12.3 Å². The van der Waals surface area contributed by atoms with E-state index in [0.717, 1.165) is 0 Å². The van der Waals surface area contributed by atoms with E-state index in [0.29, 0.717) is 0 Å². The first-order valence-corrected chi connectivity index (χ1v) is 9.74. The Bertz CT molecular complexity index is 591. The Labute approximate surface area is 164 Å². The van der Waals surface area contributed by atoms with Crippen LogP contribution in [0.2, 0.25) is 0 Å². The smallest absolute Gasteiger partial charge is 0.318 e. The van der Waals surface area contributed by atoms with Crippen molar-refractivity contribution in [3.05, 3.63) is 0 Å². The minimum atomic E-state index is -1.18. The van der Waals surface area contributed by atoms with Crippen molar-refractivity contribution in [2.45, 2.75) is 52.4 Å². The quantitative estimate of drug-likeness (QED) is 0.381. The van der Waals surface area contributed by atoms with Gasteiger partial charge in [0.2, 0.25) is 4.38 Å². The first kappa shape index (κ1) is 22.7. The maximum Gasteiger partial charge on any atom is 0.318 e. The van der Waals surface area contributed by atoms with Gasteiger partial charge in [-0.15, -0.1) is 12.3 Å². The molecule has 0 radical (unpaired) electrons. The zero-order valence-corrected chi connectivity index (χ0v) is 17.6. The maximum atomic E-state index is 12.7. The first-order chi connectivity index (χ1) is 12.0. The van der Waals surface area contributed by atoms with E-state index in [2.05, 4.69) is 5.92 Å². The molecule has 4 atom stereocenters. The molecule has 0 aromatic rings. The Hall–Kier alpha value is -1.30. The molecule has 146 valence electrons. The van der Waals surface area contributed by atoms with Crippen LogP contribution in [-0.4, -0.2) is 54.6 Å². The predicted molar refractivity (Wildman–Crippen MR) is 104 cm³/mol. The molecule has 0 aromatic heterocycles. The van der Waals surface area contributed by atoms with Crippen LogP contribution < -0.4 is 0 Å². The van der Waals surface area contributed by atoms with E-state index < -0.39 is 41.1 Å². The molecule has 0 unspecified atom stereocenters. The number of ether oxygens (including phenoxy) is 4. The molecule has 1 aliphatic heterocycles. The number of esters is 2. The van der Waals surface area contributed by atoms with Crippen molar-refractivity contribution < 1.29 is 28.5 Å². The molecular weight excluding hydrogens is 376 g/mol. The molecule has 8 heteroatoms. The number of carbonyl (C=O) groups is 2. The largest absolute Gasteiger partial charge is 0.470 e. The third-order valence-electron chi connectivity index (χ3n) is 4.26. The van der Waals surface area contributed by atoms with E-state index in [4.69, 9.17) is 37.6 Å². The number of thiocarbonyl (C=S) groups is 1. The van der Waals surface area contributed by atoms with Crippen LogP contribution in [0.25, 0.3) is 0 Å². The molecule has 1 saturated heterocycles. The topological polar surface area (TPSA) is 71.1 Å². The van der Waals surface area contributed by atoms with Crippen LogP contribution in [0.4, 0.5) is 0 Å². The van der Waals surface area contributed by atoms with Gasteiger partial charge in [0.05, 0.1) is 11.5 Å². The molecule has 1 heterocycles. The number of cyclic esters (lactones) is 1. The summed E-state index contributed by atoms with van der Waals surface area (Å²) in [5.74, 6) is 1.58. The monoisotopic (exact) mass is 402 g/mol. The summed E-state index contributed by atoms with van der Waals surface area (Å²) in [7, 11) is 1.47. The van der Waals surface area contributed by atoms with Gasteiger partial charge in [-0.2, -0.15) is 0 Å². The molecule has 1 aliphatic rings. The molecular formula is C18H26O6S2. The summed E-state index contributed by atoms with van der Waals surface area (Å²) in [6, 6.07) is 0. The minimum absolute atomic E-state index is 0.133. The Morgan fingerprint density at radius 2 is 2.12 bits per heavy atom. The van der Waals surface area contributed by atoms with Gasteiger partial charge in [0.15, 0.2) is 12.2 Å². The molecule has 1 rings (SSSR count). The second kappa shape index (κ2) is 9.07. The van der Waals surface area contributed by atoms with E-state index >= 15 is 0 Å². The number of carbonyl (C=O) groups excluding carboxylic acids is 2. The molecule has 0 spiro atoms. The number of hydrogen-bond acceptors (Lipinski definition) is 8. The highest BCUT2D eigenvalue weighted by atomic mass is 32.2. The molecule has 0 aromatic carbocycles. The molecule has 0 N–H and O–H groups in total. The number of methoxy groups -OCH3 is 1. The van der Waals surface area contributed by atoms with Gasteiger partial charge in [-0.05, 0) is 46.2 Å². The van der Waals surface area contributed by atoms with Crippen LogP contribution in [-0.2, 0) is 28.5 Å². The summed E-state index contributed by atoms with van der Waals surface area (Å²) < 4.78 is 22.3. The Kier molecular flexibility index (Phi) is 7.93. The van der Waals surface area contributed by atoms with Gasteiger partial charge in [-0.25, -0.2) is 0 Å². The highest BCUT2D eigenvalue weighted by molar-refractivity contribution is 8.22. The van der Waals surface area contributed by atoms with Gasteiger partial charge >= 0.3 is 11.9 Å². The molecule has 0 saturated carbocycles. The lowest BCUT2D eigenvalue weighted by Gasteiger charge is -2.34. The Morgan fingerprint density at radius 3 is 2.58 bits per heavy atom. The van der Waals surface area contributed by atoms with Crippen molar-refractivity contribution >= 4 is 40.3 Å². The van der Waals surface area contributed by atoms with Crippen molar-refractivity contribution in [2.24, 2.45) is 10.8 Å². The highest BCUT2D eigenvalue weighted by Crippen LogP contribution is 2.42. The number of rotatable bonds is 6. The van der Waals surface area contributed by atoms with E-state index in [1.807, 2.05) is 0 Å². The summed E-state index contributed by atoms with van der Waals surface area (Å²) in [6.07, 6.45) is 5.15. The van der Waals surface area contributed by atoms with Gasteiger partial charge in [0, 0.05) is 13.5 Å². The van der Waals surface area contributed by atoms with Gasteiger partial charge in [-0.1, -0.05) is 11.8 Å². The van der Waals surface area contributed by atoms with Crippen LogP contribution in [0.3, 0.4) is 0 Å². The average Bonchev–Trinajstić information content (AvgIpc) is 2.81. The molecule has 0 bridgehead atoms. The normalized spacial score (nSPS) is 26.6. The SMILES string of the molecule is C#CC[C@@H](OC)[C@@]1(C)C(=O)O[C@H](COC(=O)C(C)(C)C)[C@H]1OC(=S)SC. The average molecular weight is 403 g/mol. The van der Waals surface area contributed by atoms with Crippen molar-refractivity contribution in [1.29, 1.82) is 0 Å². The zero-order valence-electron chi connectivity index (χ0n) is 16.0. The van der Waals surface area contributed by atoms with Crippen molar-refractivity contribution in [2.75, 3.05) is 20.0 Å². The first-order valence-electron chi connectivity index (χ1n) is 8.11. The van der Waals surface area contributed by atoms with E-state index in [1.54, 1.807) is 34.0 Å². The van der Waals surface area contributed by atoms with Crippen LogP contribution in [0.1, 0.15) is 34.1 Å². The molecule has 1 fully saturated rings. The summed E-state index contributed by atoms with van der Waals surface area (Å²) in [4.78, 5) is 24.7. The molecule has 0 amide bonds. The maximum absolute atomic E-state index is 12.7. The predicted octanol–water partition coefficient (Wildman–Crippen LogP) is 2.58. The standard InChI is InChI=1S/C18H26O6S2/c1-8-9-12(21-6)18(5)13(24-16(25)26-7)11(23-15(18)20)10-22-14(19)17(2,3)4/h1,11-13H,9-10H2,2-7H3/t11-,12-,13-,18-/m1/s1. The van der Waals surface area contributed by atoms with Gasteiger partial charge in [0.1, 0.15) is 12.0 Å². The fourth-order valence-corrected chi connectivity index (χ4v) is 2.94. The third-order valence-corrected chi connectivity index (χ3v) is 5.29. The minimum Gasteiger partial charge on any atom is -0.470 e. The summed E-state index contributed by atoms with van der Waals surface area (Å²) in [5.41, 5.74) is -1.85. The van der Waals surface area contributed by atoms with Crippen LogP contribution >= 0.6 is 24.0 Å². The van der Waals surface area contributed by atoms with Crippen LogP contribution in [0, 0.1) is 23.2 Å². The lowest BCUT2D eigenvalue weighted by molar-refractivity contribution is -0.162. The summed E-state index contributed by atoms with van der Waals surface area (Å²) in [6.45, 7) is 6.76. The van der Waals surface area contributed by atoms with Gasteiger partial charge < -0.3 is 18.9 Å². The zero-order chi connectivity index (χ0) is 20.1. The van der Waals surface area contributed by atoms with Crippen LogP contribution in [0.5, 0.6) is 0 Å². The summed E-state index contributed by atoms with van der Waals surface area (Å²) in [5, 5.41) is 0. The second-order valence-corrected chi connectivity index (χ2v) is 8.61. The highest BCUT2D eigenvalue weighted by Gasteiger charge is 2.61. The van der Waals surface area contributed by atoms with E-state index in [9.17, 15) is 9.59 Å². The second-order valence-electron chi connectivity index (χ2n) is 7.20. The molecule has 0 aliphatic carbocycles. The third kappa shape index (κ3) is 4.90. The lowest BCUT2D eigenvalue weighted by atomic mass is 9.77. The Balaban J connectivity index is 3.11. The van der Waals surface area contributed by atoms with Gasteiger partial charge in [0.25, 0.3) is 0 Å². The van der Waals surface area contributed by atoms with Crippen molar-refractivity contribution in [1.82, 2.24) is 0 Å². The van der Waals surface area contributed by atoms with E-state index in [1.165, 1.54) is 18.9 Å². The number of thioether (sulfide) groups is 1. The van der Waals surface area contributed by atoms with Gasteiger partial charge in [-0.3, -0.25) is 9.59 Å². The molecule has 26 heavy (non-hydrogen) atoms. The van der Waals surface area contributed by atoms with Crippen molar-refractivity contribution in [3.63, 3.8) is 0 Å². The fraction of sp³-hybridized carbons (Fsp3) is 0.722.